The summed E-state index contributed by atoms with van der Waals surface area (Å²) in [6.45, 7) is 6.55. The maximum absolute atomic E-state index is 12.9. The van der Waals surface area contributed by atoms with Gasteiger partial charge in [0.25, 0.3) is 0 Å². The van der Waals surface area contributed by atoms with Crippen molar-refractivity contribution < 1.29 is 9.90 Å². The van der Waals surface area contributed by atoms with Crippen molar-refractivity contribution in [2.24, 2.45) is 5.92 Å². The number of carbonyl (C=O) groups is 1. The van der Waals surface area contributed by atoms with Crippen molar-refractivity contribution in [3.63, 3.8) is 0 Å². The highest BCUT2D eigenvalue weighted by atomic mass is 16.3. The van der Waals surface area contributed by atoms with Gasteiger partial charge in [0, 0.05) is 32.2 Å². The number of likely N-dealkylation sites (tertiary alicyclic amines) is 1. The van der Waals surface area contributed by atoms with Gasteiger partial charge in [-0.05, 0) is 51.0 Å². The molecule has 4 heteroatoms. The predicted octanol–water partition coefficient (Wildman–Crippen LogP) is 3.01. The van der Waals surface area contributed by atoms with E-state index in [4.69, 9.17) is 0 Å². The van der Waals surface area contributed by atoms with E-state index in [-0.39, 0.29) is 18.2 Å². The summed E-state index contributed by atoms with van der Waals surface area (Å²) < 4.78 is 0. The fourth-order valence-electron chi connectivity index (χ4n) is 4.12. The molecule has 1 atom stereocenters. The lowest BCUT2D eigenvalue weighted by Gasteiger charge is -2.39. The molecule has 1 N–H and O–H groups in total. The highest BCUT2D eigenvalue weighted by molar-refractivity contribution is 5.77. The van der Waals surface area contributed by atoms with Gasteiger partial charge in [-0.25, -0.2) is 0 Å². The average Bonchev–Trinajstić information content (AvgIpc) is 3.47. The molecule has 1 amide bonds. The van der Waals surface area contributed by atoms with Crippen LogP contribution in [0.2, 0.25) is 0 Å². The second-order valence-electron chi connectivity index (χ2n) is 8.11. The van der Waals surface area contributed by atoms with Crippen LogP contribution in [0, 0.1) is 5.92 Å². The monoisotopic (exact) mass is 344 g/mol. The summed E-state index contributed by atoms with van der Waals surface area (Å²) in [6, 6.07) is 10.6. The minimum Gasteiger partial charge on any atom is -0.384 e. The fourth-order valence-corrected chi connectivity index (χ4v) is 4.12. The van der Waals surface area contributed by atoms with Gasteiger partial charge in [-0.15, -0.1) is 0 Å². The van der Waals surface area contributed by atoms with Crippen molar-refractivity contribution >= 4 is 5.91 Å². The lowest BCUT2D eigenvalue weighted by molar-refractivity contribution is -0.139. The van der Waals surface area contributed by atoms with Crippen LogP contribution in [0.1, 0.15) is 51.5 Å². The molecule has 4 nitrogen and oxygen atoms in total. The Balaban J connectivity index is 1.64. The quantitative estimate of drug-likeness (QED) is 0.863. The summed E-state index contributed by atoms with van der Waals surface area (Å²) in [5.74, 6) is 0.288. The smallest absolute Gasteiger partial charge is 0.225 e. The van der Waals surface area contributed by atoms with E-state index in [1.807, 2.05) is 42.3 Å². The first-order valence-electron chi connectivity index (χ1n) is 9.69. The van der Waals surface area contributed by atoms with E-state index >= 15 is 0 Å². The lowest BCUT2D eigenvalue weighted by Crippen LogP contribution is -2.48. The van der Waals surface area contributed by atoms with Gasteiger partial charge in [0.05, 0.1) is 6.42 Å². The minimum absolute atomic E-state index is 0.0706. The molecule has 2 aliphatic rings. The molecule has 138 valence electrons. The van der Waals surface area contributed by atoms with E-state index in [0.29, 0.717) is 12.1 Å². The second kappa shape index (κ2) is 7.46. The molecular weight excluding hydrogens is 312 g/mol. The molecule has 25 heavy (non-hydrogen) atoms. The molecule has 1 aromatic rings. The van der Waals surface area contributed by atoms with Crippen molar-refractivity contribution in [1.82, 2.24) is 9.80 Å². The number of benzene rings is 1. The van der Waals surface area contributed by atoms with Crippen LogP contribution in [0.3, 0.4) is 0 Å². The van der Waals surface area contributed by atoms with Gasteiger partial charge >= 0.3 is 0 Å². The zero-order chi connectivity index (χ0) is 18.0. The van der Waals surface area contributed by atoms with E-state index in [2.05, 4.69) is 18.7 Å². The molecule has 1 aliphatic heterocycles. The van der Waals surface area contributed by atoms with Crippen LogP contribution in [-0.4, -0.2) is 53.0 Å². The molecule has 2 fully saturated rings. The Morgan fingerprint density at radius 1 is 1.20 bits per heavy atom. The summed E-state index contributed by atoms with van der Waals surface area (Å²) in [4.78, 5) is 17.3. The maximum Gasteiger partial charge on any atom is 0.225 e. The maximum atomic E-state index is 12.9. The number of carbonyl (C=O) groups excluding carboxylic acids is 1. The molecule has 0 aromatic heterocycles. The first-order chi connectivity index (χ1) is 11.9. The number of piperidine rings is 1. The zero-order valence-corrected chi connectivity index (χ0v) is 15.8. The molecule has 0 unspecified atom stereocenters. The Hall–Kier alpha value is -1.39. The Bertz CT molecular complexity index is 577. The minimum atomic E-state index is -1.01. The van der Waals surface area contributed by atoms with Gasteiger partial charge in [0.1, 0.15) is 5.60 Å². The van der Waals surface area contributed by atoms with Crippen molar-refractivity contribution in [2.75, 3.05) is 20.1 Å². The van der Waals surface area contributed by atoms with Gasteiger partial charge in [-0.3, -0.25) is 4.79 Å². The average molecular weight is 344 g/mol. The summed E-state index contributed by atoms with van der Waals surface area (Å²) >= 11 is 0. The van der Waals surface area contributed by atoms with E-state index < -0.39 is 5.60 Å². The molecule has 0 bridgehead atoms. The number of hydrogen-bond donors (Lipinski definition) is 1. The first-order valence-corrected chi connectivity index (χ1v) is 9.69. The van der Waals surface area contributed by atoms with Gasteiger partial charge in [0.15, 0.2) is 0 Å². The molecule has 1 heterocycles. The summed E-state index contributed by atoms with van der Waals surface area (Å²) in [6.07, 6.45) is 4.26. The van der Waals surface area contributed by atoms with E-state index in [0.717, 1.165) is 44.3 Å². The first kappa shape index (κ1) is 18.4. The molecule has 1 aromatic carbocycles. The Morgan fingerprint density at radius 3 is 2.32 bits per heavy atom. The van der Waals surface area contributed by atoms with E-state index in [1.165, 1.54) is 0 Å². The van der Waals surface area contributed by atoms with Gasteiger partial charge in [0.2, 0.25) is 5.91 Å². The Labute approximate surface area is 151 Å². The fraction of sp³-hybridized carbons (Fsp3) is 0.667. The van der Waals surface area contributed by atoms with Crippen LogP contribution >= 0.6 is 0 Å². The Morgan fingerprint density at radius 2 is 1.80 bits per heavy atom. The largest absolute Gasteiger partial charge is 0.384 e. The van der Waals surface area contributed by atoms with Crippen molar-refractivity contribution in [2.45, 2.75) is 63.6 Å². The highest BCUT2D eigenvalue weighted by Gasteiger charge is 2.47. The molecule has 1 saturated heterocycles. The predicted molar refractivity (Wildman–Crippen MR) is 100 cm³/mol. The van der Waals surface area contributed by atoms with Crippen LogP contribution in [-0.2, 0) is 10.4 Å². The van der Waals surface area contributed by atoms with Crippen molar-refractivity contribution in [3.8, 4) is 0 Å². The van der Waals surface area contributed by atoms with Crippen LogP contribution in [0.15, 0.2) is 30.3 Å². The van der Waals surface area contributed by atoms with E-state index in [9.17, 15) is 9.90 Å². The molecular formula is C21H32N2O2. The highest BCUT2D eigenvalue weighted by Crippen LogP contribution is 2.48. The topological polar surface area (TPSA) is 43.8 Å². The number of aliphatic hydroxyl groups is 1. The number of amides is 1. The van der Waals surface area contributed by atoms with Gasteiger partial charge in [-0.2, -0.15) is 0 Å². The molecule has 1 saturated carbocycles. The normalized spacial score (nSPS) is 22.0. The molecule has 0 radical (unpaired) electrons. The van der Waals surface area contributed by atoms with Gasteiger partial charge in [-0.1, -0.05) is 30.3 Å². The number of hydrogen-bond acceptors (Lipinski definition) is 3. The Kier molecular flexibility index (Phi) is 5.49. The third kappa shape index (κ3) is 4.06. The zero-order valence-electron chi connectivity index (χ0n) is 15.8. The second-order valence-corrected chi connectivity index (χ2v) is 8.11. The molecule has 3 rings (SSSR count). The van der Waals surface area contributed by atoms with E-state index in [1.54, 1.807) is 0 Å². The lowest BCUT2D eigenvalue weighted by atomic mass is 9.85. The third-order valence-electron chi connectivity index (χ3n) is 6.12. The SMILES string of the molecule is CC(C)N1CCC(N(C)C(=O)C[C@@](O)(c2ccccc2)C2CC2)CC1. The summed E-state index contributed by atoms with van der Waals surface area (Å²) in [5.41, 5.74) is -0.125. The van der Waals surface area contributed by atoms with Crippen LogP contribution in [0.25, 0.3) is 0 Å². The third-order valence-corrected chi connectivity index (χ3v) is 6.12. The summed E-state index contributed by atoms with van der Waals surface area (Å²) in [5, 5.41) is 11.3. The van der Waals surface area contributed by atoms with Gasteiger partial charge < -0.3 is 14.9 Å². The summed E-state index contributed by atoms with van der Waals surface area (Å²) in [7, 11) is 1.91. The van der Waals surface area contributed by atoms with Crippen LogP contribution in [0.4, 0.5) is 0 Å². The molecule has 0 spiro atoms. The standard InChI is InChI=1S/C21H32N2O2/c1-16(2)23-13-11-19(12-14-23)22(3)20(24)15-21(25,18-9-10-18)17-7-5-4-6-8-17/h4-8,16,18-19,25H,9-15H2,1-3H3/t21-/m1/s1. The van der Waals surface area contributed by atoms with Crippen LogP contribution < -0.4 is 0 Å². The number of rotatable bonds is 6. The number of nitrogens with zero attached hydrogens (tertiary/aromatic N) is 2. The molecule has 1 aliphatic carbocycles. The van der Waals surface area contributed by atoms with Crippen LogP contribution in [0.5, 0.6) is 0 Å². The van der Waals surface area contributed by atoms with Crippen molar-refractivity contribution in [3.05, 3.63) is 35.9 Å². The van der Waals surface area contributed by atoms with Crippen molar-refractivity contribution in [1.29, 1.82) is 0 Å².